The summed E-state index contributed by atoms with van der Waals surface area (Å²) >= 11 is 5.95. The van der Waals surface area contributed by atoms with Crippen molar-refractivity contribution in [2.24, 2.45) is 5.14 Å². The van der Waals surface area contributed by atoms with E-state index in [2.05, 4.69) is 6.07 Å². The largest absolute Gasteiger partial charge is 0.307 e. The summed E-state index contributed by atoms with van der Waals surface area (Å²) in [5, 5.41) is 5.50. The van der Waals surface area contributed by atoms with Gasteiger partial charge in [-0.15, -0.1) is 0 Å². The molecule has 0 spiro atoms. The lowest BCUT2D eigenvalue weighted by Gasteiger charge is -2.29. The molecular weight excluding hydrogens is 737 g/mol. The average Bonchev–Trinajstić information content (AvgIpc) is 3.91. The molecule has 0 bridgehead atoms. The van der Waals surface area contributed by atoms with E-state index in [1.165, 1.54) is 36.4 Å². The van der Waals surface area contributed by atoms with E-state index in [1.54, 1.807) is 0 Å². The molecule has 2 N–H and O–H groups in total. The molecule has 272 valence electrons. The van der Waals surface area contributed by atoms with Crippen LogP contribution in [0.3, 0.4) is 0 Å². The Labute approximate surface area is 297 Å². The summed E-state index contributed by atoms with van der Waals surface area (Å²) in [5.41, 5.74) is 2.59. The number of carbonyl (C=O) groups is 1. The normalized spacial score (nSPS) is 13.9. The fourth-order valence-corrected chi connectivity index (χ4v) is 7.54. The molecule has 4 aromatic carbocycles. The number of nitrogens with two attached hydrogens (primary N) is 1. The van der Waals surface area contributed by atoms with E-state index in [1.807, 2.05) is 32.9 Å². The van der Waals surface area contributed by atoms with Gasteiger partial charge in [0.1, 0.15) is 0 Å². The lowest BCUT2D eigenvalue weighted by Crippen LogP contribution is -2.43. The maximum absolute atomic E-state index is 15.0. The Balaban J connectivity index is 1.62. The Morgan fingerprint density at radius 2 is 1.33 bits per heavy atom. The van der Waals surface area contributed by atoms with Gasteiger partial charge in [-0.25, -0.2) is 43.9 Å². The van der Waals surface area contributed by atoms with E-state index >= 15 is 0 Å². The number of halogens is 6. The van der Waals surface area contributed by atoms with Gasteiger partial charge in [0, 0.05) is 17.3 Å². The lowest BCUT2D eigenvalue weighted by molar-refractivity contribution is -0.119. The predicted molar refractivity (Wildman–Crippen MR) is 181 cm³/mol. The maximum atomic E-state index is 15.0. The van der Waals surface area contributed by atoms with Crippen molar-refractivity contribution in [3.63, 3.8) is 0 Å². The molecule has 51 heavy (non-hydrogen) atoms. The van der Waals surface area contributed by atoms with Gasteiger partial charge in [0.25, 0.3) is 0 Å². The number of hydrogen-bond acceptors (Lipinski definition) is 5. The molecule has 1 aliphatic carbocycles. The number of primary sulfonamides is 1. The number of sulfonamides is 2. The van der Waals surface area contributed by atoms with Gasteiger partial charge in [-0.1, -0.05) is 62.7 Å². The standard InChI is InChI=1S/C35H33ClF5N3O5S2/c1-35(2,3)24-15-21(14-23(16-24)22-6-7-22)18-44(26-10-12-27(13-11-26)50(42,46)47)28(45)19-43(17-20-4-8-25(36)9-5-20)51(48,49)34-32(40)30(38)29(37)31(39)33(34)41/h4-5,8-16,22H,6-7,17-19H2,1-3H3,(H2,42,46,47). The van der Waals surface area contributed by atoms with Gasteiger partial charge in [0.05, 0.1) is 18.0 Å². The molecule has 5 rings (SSSR count). The summed E-state index contributed by atoms with van der Waals surface area (Å²) < 4.78 is 124. The highest BCUT2D eigenvalue weighted by atomic mass is 35.5. The van der Waals surface area contributed by atoms with Crippen LogP contribution >= 0.6 is 11.6 Å². The average molecular weight is 770 g/mol. The van der Waals surface area contributed by atoms with Crippen molar-refractivity contribution in [1.29, 1.82) is 0 Å². The molecule has 0 unspecified atom stereocenters. The summed E-state index contributed by atoms with van der Waals surface area (Å²) in [6.07, 6.45) is 1.94. The summed E-state index contributed by atoms with van der Waals surface area (Å²) in [7, 11) is -9.76. The second kappa shape index (κ2) is 14.3. The van der Waals surface area contributed by atoms with Gasteiger partial charge in [0.15, 0.2) is 28.2 Å². The van der Waals surface area contributed by atoms with Gasteiger partial charge in [0.2, 0.25) is 31.8 Å². The molecule has 0 radical (unpaired) electrons. The van der Waals surface area contributed by atoms with Gasteiger partial charge in [-0.2, -0.15) is 4.31 Å². The fraction of sp³-hybridized carbons (Fsp3) is 0.286. The number of hydrogen-bond donors (Lipinski definition) is 1. The van der Waals surface area contributed by atoms with E-state index in [0.717, 1.165) is 41.0 Å². The molecule has 1 aliphatic rings. The van der Waals surface area contributed by atoms with Gasteiger partial charge in [-0.3, -0.25) is 4.79 Å². The minimum Gasteiger partial charge on any atom is -0.307 e. The molecule has 1 amide bonds. The van der Waals surface area contributed by atoms with Crippen LogP contribution in [0.2, 0.25) is 5.02 Å². The minimum absolute atomic E-state index is 0.0987. The van der Waals surface area contributed by atoms with Crippen molar-refractivity contribution in [1.82, 2.24) is 4.31 Å². The monoisotopic (exact) mass is 769 g/mol. The SMILES string of the molecule is CC(C)(C)c1cc(CN(C(=O)CN(Cc2ccc(Cl)cc2)S(=O)(=O)c2c(F)c(F)c(F)c(F)c2F)c2ccc(S(N)(=O)=O)cc2)cc(C2CC2)c1. The van der Waals surface area contributed by atoms with Crippen LogP contribution in [-0.2, 0) is 43.3 Å². The smallest absolute Gasteiger partial charge is 0.249 e. The zero-order valence-electron chi connectivity index (χ0n) is 27.6. The zero-order chi connectivity index (χ0) is 37.6. The molecule has 16 heteroatoms. The van der Waals surface area contributed by atoms with Crippen LogP contribution in [0, 0.1) is 29.1 Å². The summed E-state index contributed by atoms with van der Waals surface area (Å²) in [6.45, 7) is 3.97. The van der Waals surface area contributed by atoms with E-state index in [9.17, 15) is 43.6 Å². The van der Waals surface area contributed by atoms with Crippen LogP contribution in [0.15, 0.2) is 76.5 Å². The predicted octanol–water partition coefficient (Wildman–Crippen LogP) is 7.28. The van der Waals surface area contributed by atoms with E-state index in [0.29, 0.717) is 15.8 Å². The Morgan fingerprint density at radius 1 is 0.784 bits per heavy atom. The molecule has 4 aromatic rings. The number of carbonyl (C=O) groups excluding carboxylic acids is 1. The third-order valence-corrected chi connectivity index (χ3v) is 11.4. The van der Waals surface area contributed by atoms with Crippen LogP contribution in [0.5, 0.6) is 0 Å². The molecular formula is C35H33ClF5N3O5S2. The molecule has 0 saturated heterocycles. The zero-order valence-corrected chi connectivity index (χ0v) is 29.9. The summed E-state index contributed by atoms with van der Waals surface area (Å²) in [4.78, 5) is 13.0. The Bertz CT molecular complexity index is 2180. The van der Waals surface area contributed by atoms with Crippen LogP contribution in [0.25, 0.3) is 0 Å². The molecule has 0 heterocycles. The third-order valence-electron chi connectivity index (χ3n) is 8.40. The fourth-order valence-electron chi connectivity index (χ4n) is 5.41. The minimum atomic E-state index is -5.62. The topological polar surface area (TPSA) is 118 Å². The van der Waals surface area contributed by atoms with E-state index in [4.69, 9.17) is 16.7 Å². The molecule has 0 aromatic heterocycles. The van der Waals surface area contributed by atoms with Gasteiger partial charge in [-0.05, 0) is 82.8 Å². The highest BCUT2D eigenvalue weighted by Crippen LogP contribution is 2.42. The van der Waals surface area contributed by atoms with Crippen molar-refractivity contribution >= 4 is 43.2 Å². The van der Waals surface area contributed by atoms with Crippen molar-refractivity contribution in [3.05, 3.63) is 123 Å². The number of amides is 1. The highest BCUT2D eigenvalue weighted by molar-refractivity contribution is 7.89. The van der Waals surface area contributed by atoms with Crippen molar-refractivity contribution < 1.29 is 43.6 Å². The van der Waals surface area contributed by atoms with E-state index in [-0.39, 0.29) is 33.1 Å². The Morgan fingerprint density at radius 3 is 1.84 bits per heavy atom. The number of anilines is 1. The third kappa shape index (κ3) is 8.44. The van der Waals surface area contributed by atoms with Crippen LogP contribution in [0.1, 0.15) is 61.8 Å². The molecule has 0 atom stereocenters. The molecule has 1 saturated carbocycles. The number of rotatable bonds is 11. The molecule has 1 fully saturated rings. The first-order valence-electron chi connectivity index (χ1n) is 15.5. The highest BCUT2D eigenvalue weighted by Gasteiger charge is 2.39. The first-order chi connectivity index (χ1) is 23.7. The van der Waals surface area contributed by atoms with Crippen molar-refractivity contribution in [2.45, 2.75) is 67.8 Å². The lowest BCUT2D eigenvalue weighted by atomic mass is 9.84. The van der Waals surface area contributed by atoms with Crippen molar-refractivity contribution in [3.8, 4) is 0 Å². The van der Waals surface area contributed by atoms with Crippen LogP contribution < -0.4 is 10.0 Å². The summed E-state index contributed by atoms with van der Waals surface area (Å²) in [5.74, 6) is -13.4. The van der Waals surface area contributed by atoms with Gasteiger partial charge >= 0.3 is 0 Å². The first kappa shape index (κ1) is 38.3. The molecule has 0 aliphatic heterocycles. The van der Waals surface area contributed by atoms with Crippen LogP contribution in [0.4, 0.5) is 27.6 Å². The quantitative estimate of drug-likeness (QED) is 0.0978. The van der Waals surface area contributed by atoms with E-state index < -0.39 is 73.0 Å². The number of nitrogens with zero attached hydrogens (tertiary/aromatic N) is 2. The van der Waals surface area contributed by atoms with Gasteiger partial charge < -0.3 is 4.90 Å². The van der Waals surface area contributed by atoms with Crippen molar-refractivity contribution in [2.75, 3.05) is 11.4 Å². The Kier molecular flexibility index (Phi) is 10.7. The first-order valence-corrected chi connectivity index (χ1v) is 18.9. The second-order valence-electron chi connectivity index (χ2n) is 13.3. The summed E-state index contributed by atoms with van der Waals surface area (Å²) in [6, 6.07) is 16.2. The molecule has 8 nitrogen and oxygen atoms in total. The second-order valence-corrected chi connectivity index (χ2v) is 17.2. The maximum Gasteiger partial charge on any atom is 0.249 e. The number of benzene rings is 4. The van der Waals surface area contributed by atoms with Crippen LogP contribution in [-0.4, -0.2) is 33.6 Å². The Hall–Kier alpha value is -3.89.